The Bertz CT molecular complexity index is 770. The van der Waals surface area contributed by atoms with Crippen LogP contribution in [-0.2, 0) is 16.1 Å². The number of esters is 1. The molecule has 0 unspecified atom stereocenters. The number of ether oxygens (including phenoxy) is 2. The van der Waals surface area contributed by atoms with Crippen molar-refractivity contribution >= 4 is 23.2 Å². The zero-order valence-electron chi connectivity index (χ0n) is 14.4. The number of methoxy groups -OCH3 is 1. The molecule has 0 spiro atoms. The number of hydrogen-bond acceptors (Lipinski definition) is 5. The van der Waals surface area contributed by atoms with Crippen LogP contribution in [0, 0.1) is 11.7 Å². The zero-order chi connectivity index (χ0) is 18.5. The number of carbonyl (C=O) groups excluding carboxylic acids is 2. The Morgan fingerprint density at radius 1 is 1.27 bits per heavy atom. The molecule has 0 radical (unpaired) electrons. The number of carbonyl (C=O) groups is 2. The SMILES string of the molecule is COc1ccc(F)cc1COC(=O)C1CCN(C(=O)c2cccs2)CC1. The first-order valence-electron chi connectivity index (χ1n) is 8.40. The number of hydrogen-bond donors (Lipinski definition) is 0. The topological polar surface area (TPSA) is 55.8 Å². The van der Waals surface area contributed by atoms with E-state index in [1.54, 1.807) is 11.0 Å². The molecule has 5 nitrogen and oxygen atoms in total. The van der Waals surface area contributed by atoms with Crippen LogP contribution < -0.4 is 4.74 Å². The highest BCUT2D eigenvalue weighted by Crippen LogP contribution is 2.24. The number of benzene rings is 1. The van der Waals surface area contributed by atoms with Gasteiger partial charge in [0.25, 0.3) is 5.91 Å². The van der Waals surface area contributed by atoms with Gasteiger partial charge in [0, 0.05) is 18.7 Å². The van der Waals surface area contributed by atoms with Crippen LogP contribution in [0.2, 0.25) is 0 Å². The molecular formula is C19H20FNO4S. The van der Waals surface area contributed by atoms with Crippen LogP contribution >= 0.6 is 11.3 Å². The summed E-state index contributed by atoms with van der Waals surface area (Å²) in [6.45, 7) is 1.02. The first kappa shape index (κ1) is 18.4. The van der Waals surface area contributed by atoms with E-state index < -0.39 is 5.82 Å². The number of likely N-dealkylation sites (tertiary alicyclic amines) is 1. The quantitative estimate of drug-likeness (QED) is 0.749. The molecular weight excluding hydrogens is 357 g/mol. The van der Waals surface area contributed by atoms with E-state index in [9.17, 15) is 14.0 Å². The Hall–Kier alpha value is -2.41. The maximum absolute atomic E-state index is 13.4. The molecule has 1 fully saturated rings. The molecule has 1 aliphatic rings. The van der Waals surface area contributed by atoms with Crippen molar-refractivity contribution in [1.29, 1.82) is 0 Å². The summed E-state index contributed by atoms with van der Waals surface area (Å²) in [7, 11) is 1.49. The molecule has 0 N–H and O–H groups in total. The summed E-state index contributed by atoms with van der Waals surface area (Å²) >= 11 is 1.42. The van der Waals surface area contributed by atoms with Crippen LogP contribution in [0.25, 0.3) is 0 Å². The first-order chi connectivity index (χ1) is 12.6. The summed E-state index contributed by atoms with van der Waals surface area (Å²) in [4.78, 5) is 27.1. The largest absolute Gasteiger partial charge is 0.496 e. The number of nitrogens with zero attached hydrogens (tertiary/aromatic N) is 1. The van der Waals surface area contributed by atoms with E-state index in [2.05, 4.69) is 0 Å². The monoisotopic (exact) mass is 377 g/mol. The van der Waals surface area contributed by atoms with Gasteiger partial charge in [-0.2, -0.15) is 0 Å². The minimum atomic E-state index is -0.405. The van der Waals surface area contributed by atoms with Gasteiger partial charge in [0.1, 0.15) is 18.2 Å². The van der Waals surface area contributed by atoms with Crippen LogP contribution in [0.3, 0.4) is 0 Å². The molecule has 3 rings (SSSR count). The van der Waals surface area contributed by atoms with Crippen molar-refractivity contribution in [2.24, 2.45) is 5.92 Å². The number of rotatable bonds is 5. The maximum Gasteiger partial charge on any atom is 0.309 e. The Balaban J connectivity index is 1.51. The second-order valence-corrected chi connectivity index (χ2v) is 7.06. The van der Waals surface area contributed by atoms with Crippen LogP contribution in [-0.4, -0.2) is 37.0 Å². The maximum atomic E-state index is 13.4. The van der Waals surface area contributed by atoms with Crippen molar-refractivity contribution < 1.29 is 23.5 Å². The highest BCUT2D eigenvalue weighted by molar-refractivity contribution is 7.12. The molecule has 0 aliphatic carbocycles. The molecule has 1 saturated heterocycles. The van der Waals surface area contributed by atoms with Crippen LogP contribution in [0.4, 0.5) is 4.39 Å². The van der Waals surface area contributed by atoms with Gasteiger partial charge in [-0.15, -0.1) is 11.3 Å². The third-order valence-corrected chi connectivity index (χ3v) is 5.32. The van der Waals surface area contributed by atoms with Gasteiger partial charge in [0.05, 0.1) is 17.9 Å². The van der Waals surface area contributed by atoms with E-state index >= 15 is 0 Å². The molecule has 1 aromatic heterocycles. The van der Waals surface area contributed by atoms with Gasteiger partial charge in [0.15, 0.2) is 0 Å². The fraction of sp³-hybridized carbons (Fsp3) is 0.368. The van der Waals surface area contributed by atoms with Gasteiger partial charge in [0.2, 0.25) is 0 Å². The lowest BCUT2D eigenvalue weighted by Crippen LogP contribution is -2.40. The molecule has 138 valence electrons. The molecule has 26 heavy (non-hydrogen) atoms. The molecule has 2 aromatic rings. The van der Waals surface area contributed by atoms with E-state index in [0.29, 0.717) is 42.1 Å². The molecule has 7 heteroatoms. The third-order valence-electron chi connectivity index (χ3n) is 4.46. The van der Waals surface area contributed by atoms with Gasteiger partial charge in [-0.05, 0) is 42.5 Å². The summed E-state index contributed by atoms with van der Waals surface area (Å²) in [6, 6.07) is 7.76. The fourth-order valence-electron chi connectivity index (χ4n) is 3.00. The number of piperidine rings is 1. The van der Waals surface area contributed by atoms with Crippen LogP contribution in [0.5, 0.6) is 5.75 Å². The number of halogens is 1. The van der Waals surface area contributed by atoms with E-state index in [-0.39, 0.29) is 24.4 Å². The van der Waals surface area contributed by atoms with Crippen molar-refractivity contribution in [3.63, 3.8) is 0 Å². The zero-order valence-corrected chi connectivity index (χ0v) is 15.3. The number of thiophene rings is 1. The van der Waals surface area contributed by atoms with Gasteiger partial charge >= 0.3 is 5.97 Å². The van der Waals surface area contributed by atoms with Gasteiger partial charge in [-0.25, -0.2) is 4.39 Å². The van der Waals surface area contributed by atoms with Gasteiger partial charge < -0.3 is 14.4 Å². The van der Waals surface area contributed by atoms with Crippen molar-refractivity contribution in [2.75, 3.05) is 20.2 Å². The summed E-state index contributed by atoms with van der Waals surface area (Å²) in [5.41, 5.74) is 0.492. The van der Waals surface area contributed by atoms with E-state index in [0.717, 1.165) is 0 Å². The second-order valence-electron chi connectivity index (χ2n) is 6.11. The van der Waals surface area contributed by atoms with Crippen molar-refractivity contribution in [1.82, 2.24) is 4.90 Å². The Labute approximate surface area is 155 Å². The molecule has 1 aliphatic heterocycles. The molecule has 1 aromatic carbocycles. The Morgan fingerprint density at radius 3 is 2.69 bits per heavy atom. The fourth-order valence-corrected chi connectivity index (χ4v) is 3.69. The van der Waals surface area contributed by atoms with E-state index in [4.69, 9.17) is 9.47 Å². The molecule has 0 bridgehead atoms. The summed E-state index contributed by atoms with van der Waals surface area (Å²) in [5.74, 6) is -0.481. The Kier molecular flexibility index (Phi) is 5.88. The van der Waals surface area contributed by atoms with Crippen LogP contribution in [0.1, 0.15) is 28.1 Å². The van der Waals surface area contributed by atoms with Crippen molar-refractivity contribution in [2.45, 2.75) is 19.4 Å². The van der Waals surface area contributed by atoms with Gasteiger partial charge in [-0.1, -0.05) is 6.07 Å². The highest BCUT2D eigenvalue weighted by atomic mass is 32.1. The van der Waals surface area contributed by atoms with Gasteiger partial charge in [-0.3, -0.25) is 9.59 Å². The van der Waals surface area contributed by atoms with Crippen molar-refractivity contribution in [3.05, 3.63) is 52.0 Å². The molecule has 1 amide bonds. The van der Waals surface area contributed by atoms with Crippen molar-refractivity contribution in [3.8, 4) is 5.75 Å². The highest BCUT2D eigenvalue weighted by Gasteiger charge is 2.29. The minimum Gasteiger partial charge on any atom is -0.496 e. The lowest BCUT2D eigenvalue weighted by molar-refractivity contribution is -0.151. The summed E-state index contributed by atoms with van der Waals surface area (Å²) < 4.78 is 23.9. The molecule has 0 saturated carbocycles. The van der Waals surface area contributed by atoms with E-state index in [1.165, 1.54) is 36.6 Å². The number of amides is 1. The lowest BCUT2D eigenvalue weighted by Gasteiger charge is -2.30. The van der Waals surface area contributed by atoms with Crippen LogP contribution in [0.15, 0.2) is 35.7 Å². The average Bonchev–Trinajstić information content (AvgIpc) is 3.20. The van der Waals surface area contributed by atoms with E-state index in [1.807, 2.05) is 11.4 Å². The lowest BCUT2D eigenvalue weighted by atomic mass is 9.97. The Morgan fingerprint density at radius 2 is 2.04 bits per heavy atom. The first-order valence-corrected chi connectivity index (χ1v) is 9.28. The predicted molar refractivity (Wildman–Crippen MR) is 95.7 cm³/mol. The minimum absolute atomic E-state index is 0.0105. The standard InChI is InChI=1S/C19H20FNO4S/c1-24-16-5-4-15(20)11-14(16)12-25-19(23)13-6-8-21(9-7-13)18(22)17-3-2-10-26-17/h2-5,10-11,13H,6-9,12H2,1H3. The normalized spacial score (nSPS) is 14.9. The molecule has 0 atom stereocenters. The average molecular weight is 377 g/mol. The summed E-state index contributed by atoms with van der Waals surface area (Å²) in [5, 5.41) is 1.87. The smallest absolute Gasteiger partial charge is 0.309 e. The molecule has 2 heterocycles. The second kappa shape index (κ2) is 8.31. The predicted octanol–water partition coefficient (Wildman–Crippen LogP) is 3.49. The third kappa shape index (κ3) is 4.22. The summed E-state index contributed by atoms with van der Waals surface area (Å²) in [6.07, 6.45) is 1.13.